The Balaban J connectivity index is 4.33. The van der Waals surface area contributed by atoms with E-state index in [4.69, 9.17) is 14.2 Å². The smallest absolute Gasteiger partial charge is 0.306 e. The van der Waals surface area contributed by atoms with Gasteiger partial charge in [0.1, 0.15) is 13.2 Å². The number of hydrogen-bond donors (Lipinski definition) is 0. The fourth-order valence-electron chi connectivity index (χ4n) is 6.86. The second-order valence-electron chi connectivity index (χ2n) is 16.5. The summed E-state index contributed by atoms with van der Waals surface area (Å²) in [6.07, 6.45) is 37.9. The average molecular weight is 751 g/mol. The summed E-state index contributed by atoms with van der Waals surface area (Å²) in [6.45, 7) is 11.3. The number of esters is 3. The summed E-state index contributed by atoms with van der Waals surface area (Å²) in [5.74, 6) is 0.820. The number of ether oxygens (including phenoxy) is 3. The molecule has 6 heteroatoms. The fourth-order valence-corrected chi connectivity index (χ4v) is 6.86. The zero-order valence-electron chi connectivity index (χ0n) is 36.1. The summed E-state index contributed by atoms with van der Waals surface area (Å²) in [5.41, 5.74) is 0. The van der Waals surface area contributed by atoms with Gasteiger partial charge in [0.05, 0.1) is 0 Å². The molecule has 0 bridgehead atoms. The molecule has 0 aliphatic rings. The van der Waals surface area contributed by atoms with Gasteiger partial charge < -0.3 is 14.2 Å². The van der Waals surface area contributed by atoms with Crippen molar-refractivity contribution in [2.45, 2.75) is 259 Å². The van der Waals surface area contributed by atoms with Crippen LogP contribution >= 0.6 is 0 Å². The molecular formula is C47H90O6. The molecule has 0 aromatic rings. The number of hydrogen-bond acceptors (Lipinski definition) is 6. The third-order valence-electron chi connectivity index (χ3n) is 11.2. The predicted octanol–water partition coefficient (Wildman–Crippen LogP) is 14.6. The maximum atomic E-state index is 12.7. The largest absolute Gasteiger partial charge is 0.462 e. The van der Waals surface area contributed by atoms with Crippen molar-refractivity contribution >= 4 is 17.9 Å². The summed E-state index contributed by atoms with van der Waals surface area (Å²) in [5, 5.41) is 0. The van der Waals surface area contributed by atoms with Gasteiger partial charge in [-0.3, -0.25) is 14.4 Å². The van der Waals surface area contributed by atoms with E-state index in [1.54, 1.807) is 0 Å². The zero-order chi connectivity index (χ0) is 39.0. The van der Waals surface area contributed by atoms with Crippen LogP contribution in [0.5, 0.6) is 0 Å². The zero-order valence-corrected chi connectivity index (χ0v) is 36.1. The van der Waals surface area contributed by atoms with Crippen molar-refractivity contribution in [3.8, 4) is 0 Å². The van der Waals surface area contributed by atoms with Gasteiger partial charge in [-0.25, -0.2) is 0 Å². The number of unbranched alkanes of at least 4 members (excludes halogenated alkanes) is 24. The first-order chi connectivity index (χ1) is 25.8. The van der Waals surface area contributed by atoms with E-state index in [-0.39, 0.29) is 31.1 Å². The Hall–Kier alpha value is -1.59. The van der Waals surface area contributed by atoms with Crippen LogP contribution < -0.4 is 0 Å². The van der Waals surface area contributed by atoms with Crippen molar-refractivity contribution in [3.63, 3.8) is 0 Å². The van der Waals surface area contributed by atoms with E-state index in [2.05, 4.69) is 34.6 Å². The van der Waals surface area contributed by atoms with Gasteiger partial charge in [0.2, 0.25) is 0 Å². The third-order valence-corrected chi connectivity index (χ3v) is 11.2. The molecular weight excluding hydrogens is 661 g/mol. The first-order valence-corrected chi connectivity index (χ1v) is 23.3. The molecule has 0 fully saturated rings. The third kappa shape index (κ3) is 38.5. The minimum atomic E-state index is -0.761. The molecule has 3 atom stereocenters. The lowest BCUT2D eigenvalue weighted by Crippen LogP contribution is -2.30. The van der Waals surface area contributed by atoms with E-state index in [1.807, 2.05) is 0 Å². The Labute approximate surface area is 329 Å². The average Bonchev–Trinajstić information content (AvgIpc) is 3.15. The van der Waals surface area contributed by atoms with Gasteiger partial charge in [-0.05, 0) is 31.1 Å². The second-order valence-corrected chi connectivity index (χ2v) is 16.5. The minimum absolute atomic E-state index is 0.0655. The van der Waals surface area contributed by atoms with Crippen molar-refractivity contribution in [2.24, 2.45) is 11.8 Å². The van der Waals surface area contributed by atoms with Crippen molar-refractivity contribution in [2.75, 3.05) is 13.2 Å². The van der Waals surface area contributed by atoms with Crippen LogP contribution in [0.15, 0.2) is 0 Å². The topological polar surface area (TPSA) is 78.9 Å². The van der Waals surface area contributed by atoms with Gasteiger partial charge in [-0.2, -0.15) is 0 Å². The van der Waals surface area contributed by atoms with Crippen molar-refractivity contribution in [1.29, 1.82) is 0 Å². The quantitative estimate of drug-likeness (QED) is 0.0352. The molecule has 0 aliphatic heterocycles. The molecule has 0 radical (unpaired) electrons. The number of rotatable bonds is 41. The Morgan fingerprint density at radius 1 is 0.377 bits per heavy atom. The molecule has 0 aromatic heterocycles. The lowest BCUT2D eigenvalue weighted by molar-refractivity contribution is -0.167. The molecule has 0 N–H and O–H groups in total. The fraction of sp³-hybridized carbons (Fsp3) is 0.936. The maximum Gasteiger partial charge on any atom is 0.306 e. The van der Waals surface area contributed by atoms with Crippen LogP contribution in [0.2, 0.25) is 0 Å². The van der Waals surface area contributed by atoms with Crippen molar-refractivity contribution in [1.82, 2.24) is 0 Å². The van der Waals surface area contributed by atoms with Gasteiger partial charge in [0, 0.05) is 19.3 Å². The van der Waals surface area contributed by atoms with Crippen LogP contribution in [0.3, 0.4) is 0 Å². The molecule has 2 unspecified atom stereocenters. The van der Waals surface area contributed by atoms with Crippen molar-refractivity contribution < 1.29 is 28.6 Å². The van der Waals surface area contributed by atoms with Gasteiger partial charge in [-0.1, -0.05) is 214 Å². The van der Waals surface area contributed by atoms with Crippen LogP contribution in [0.25, 0.3) is 0 Å². The SMILES string of the molecule is CCCCCCCCCCCCCC(=O)OC[C@@H](COC(=O)CCCCCCCCCCCCC(C)CC)OC(=O)CCCCCCCCC(C)CC. The van der Waals surface area contributed by atoms with E-state index in [0.717, 1.165) is 69.6 Å². The van der Waals surface area contributed by atoms with Gasteiger partial charge >= 0.3 is 17.9 Å². The normalized spacial score (nSPS) is 13.1. The van der Waals surface area contributed by atoms with Crippen LogP contribution in [0, 0.1) is 11.8 Å². The molecule has 0 amide bonds. The highest BCUT2D eigenvalue weighted by molar-refractivity contribution is 5.71. The molecule has 0 aromatic carbocycles. The molecule has 0 saturated heterocycles. The summed E-state index contributed by atoms with van der Waals surface area (Å²) in [4.78, 5) is 37.7. The van der Waals surface area contributed by atoms with E-state index in [1.165, 1.54) is 141 Å². The highest BCUT2D eigenvalue weighted by Crippen LogP contribution is 2.17. The van der Waals surface area contributed by atoms with Crippen LogP contribution in [0.4, 0.5) is 0 Å². The van der Waals surface area contributed by atoms with E-state index in [0.29, 0.717) is 19.3 Å². The van der Waals surface area contributed by atoms with Crippen LogP contribution in [-0.2, 0) is 28.6 Å². The highest BCUT2D eigenvalue weighted by Gasteiger charge is 2.19. The minimum Gasteiger partial charge on any atom is -0.462 e. The number of carbonyl (C=O) groups is 3. The molecule has 0 heterocycles. The molecule has 0 rings (SSSR count). The van der Waals surface area contributed by atoms with Crippen molar-refractivity contribution in [3.05, 3.63) is 0 Å². The lowest BCUT2D eigenvalue weighted by atomic mass is 9.99. The maximum absolute atomic E-state index is 12.7. The lowest BCUT2D eigenvalue weighted by Gasteiger charge is -2.18. The highest BCUT2D eigenvalue weighted by atomic mass is 16.6. The Morgan fingerprint density at radius 2 is 0.660 bits per heavy atom. The molecule has 0 aliphatic carbocycles. The van der Waals surface area contributed by atoms with Gasteiger partial charge in [0.25, 0.3) is 0 Å². The Kier molecular flexibility index (Phi) is 38.9. The Bertz CT molecular complexity index is 813. The molecule has 6 nitrogen and oxygen atoms in total. The van der Waals surface area contributed by atoms with Gasteiger partial charge in [0.15, 0.2) is 6.10 Å². The standard InChI is InChI=1S/C47H90O6/c1-6-9-10-11-12-13-14-18-21-27-32-37-45(48)51-40-44(53-47(50)39-34-29-24-23-26-31-36-43(5)8-3)41-52-46(49)38-33-28-22-19-16-15-17-20-25-30-35-42(4)7-2/h42-44H,6-41H2,1-5H3/t42?,43?,44-/m0/s1. The predicted molar refractivity (Wildman–Crippen MR) is 224 cm³/mol. The van der Waals surface area contributed by atoms with E-state index in [9.17, 15) is 14.4 Å². The summed E-state index contributed by atoms with van der Waals surface area (Å²) < 4.78 is 16.7. The monoisotopic (exact) mass is 751 g/mol. The van der Waals surface area contributed by atoms with E-state index < -0.39 is 6.10 Å². The molecule has 314 valence electrons. The molecule has 0 saturated carbocycles. The van der Waals surface area contributed by atoms with Crippen LogP contribution in [0.1, 0.15) is 253 Å². The van der Waals surface area contributed by atoms with Gasteiger partial charge in [-0.15, -0.1) is 0 Å². The number of carbonyl (C=O) groups excluding carboxylic acids is 3. The summed E-state index contributed by atoms with van der Waals surface area (Å²) in [6, 6.07) is 0. The van der Waals surface area contributed by atoms with Crippen LogP contribution in [-0.4, -0.2) is 37.2 Å². The molecule has 53 heavy (non-hydrogen) atoms. The first kappa shape index (κ1) is 51.4. The molecule has 0 spiro atoms. The first-order valence-electron chi connectivity index (χ1n) is 23.3. The van der Waals surface area contributed by atoms with E-state index >= 15 is 0 Å². The summed E-state index contributed by atoms with van der Waals surface area (Å²) >= 11 is 0. The Morgan fingerprint density at radius 3 is 0.981 bits per heavy atom. The second kappa shape index (κ2) is 40.1. The summed E-state index contributed by atoms with van der Waals surface area (Å²) in [7, 11) is 0.